The first kappa shape index (κ1) is 12.5. The summed E-state index contributed by atoms with van der Waals surface area (Å²) in [7, 11) is 0. The highest BCUT2D eigenvalue weighted by molar-refractivity contribution is 6.29. The Kier molecular flexibility index (Phi) is 4.07. The Morgan fingerprint density at radius 1 is 1.29 bits per heavy atom. The van der Waals surface area contributed by atoms with Crippen molar-refractivity contribution in [1.29, 1.82) is 0 Å². The average molecular weight is 256 g/mol. The lowest BCUT2D eigenvalue weighted by Crippen LogP contribution is -2.33. The van der Waals surface area contributed by atoms with Crippen LogP contribution in [-0.4, -0.2) is 22.2 Å². The zero-order valence-corrected chi connectivity index (χ0v) is 10.5. The fraction of sp³-hybridized carbons (Fsp3) is 0.583. The maximum atomic E-state index is 10.0. The predicted molar refractivity (Wildman–Crippen MR) is 70.2 cm³/mol. The lowest BCUT2D eigenvalue weighted by Gasteiger charge is -2.23. The number of anilines is 2. The van der Waals surface area contributed by atoms with Crippen molar-refractivity contribution >= 4 is 23.1 Å². The van der Waals surface area contributed by atoms with Crippen molar-refractivity contribution in [3.05, 3.63) is 17.3 Å². The van der Waals surface area contributed by atoms with Crippen LogP contribution in [0.2, 0.25) is 5.15 Å². The van der Waals surface area contributed by atoms with Crippen LogP contribution in [0.4, 0.5) is 11.5 Å². The summed E-state index contributed by atoms with van der Waals surface area (Å²) in [6.45, 7) is 0. The molecule has 0 radical (unpaired) electrons. The van der Waals surface area contributed by atoms with Crippen LogP contribution in [0.3, 0.4) is 0 Å². The molecule has 2 unspecified atom stereocenters. The Balaban J connectivity index is 2.10. The van der Waals surface area contributed by atoms with Gasteiger partial charge in [0.2, 0.25) is 0 Å². The van der Waals surface area contributed by atoms with Crippen LogP contribution in [0, 0.1) is 0 Å². The number of hydrogen-bond acceptors (Lipinski definition) is 4. The molecule has 1 fully saturated rings. The van der Waals surface area contributed by atoms with Gasteiger partial charge in [-0.1, -0.05) is 30.9 Å². The van der Waals surface area contributed by atoms with Crippen LogP contribution in [0.1, 0.15) is 32.1 Å². The fourth-order valence-electron chi connectivity index (χ4n) is 2.19. The molecule has 0 saturated heterocycles. The first-order chi connectivity index (χ1) is 8.16. The molecule has 0 bridgehead atoms. The summed E-state index contributed by atoms with van der Waals surface area (Å²) >= 11 is 5.83. The van der Waals surface area contributed by atoms with Crippen molar-refractivity contribution in [2.45, 2.75) is 44.2 Å². The second-order valence-electron chi connectivity index (χ2n) is 4.53. The summed E-state index contributed by atoms with van der Waals surface area (Å²) in [6.07, 6.45) is 4.81. The molecule has 1 aromatic rings. The lowest BCUT2D eigenvalue weighted by molar-refractivity contribution is 0.144. The zero-order valence-electron chi connectivity index (χ0n) is 9.69. The molecular weight excluding hydrogens is 238 g/mol. The van der Waals surface area contributed by atoms with E-state index in [2.05, 4.69) is 10.3 Å². The van der Waals surface area contributed by atoms with Crippen molar-refractivity contribution in [3.8, 4) is 0 Å². The fourth-order valence-corrected chi connectivity index (χ4v) is 2.34. The number of rotatable bonds is 2. The third-order valence-corrected chi connectivity index (χ3v) is 3.40. The molecule has 94 valence electrons. The zero-order chi connectivity index (χ0) is 12.3. The van der Waals surface area contributed by atoms with Crippen LogP contribution in [0.5, 0.6) is 0 Å². The Labute approximate surface area is 106 Å². The quantitative estimate of drug-likeness (QED) is 0.561. The minimum Gasteiger partial charge on any atom is -0.396 e. The van der Waals surface area contributed by atoms with E-state index in [0.29, 0.717) is 16.7 Å². The third kappa shape index (κ3) is 3.23. The first-order valence-electron chi connectivity index (χ1n) is 6.03. The molecule has 0 spiro atoms. The van der Waals surface area contributed by atoms with Gasteiger partial charge >= 0.3 is 0 Å². The van der Waals surface area contributed by atoms with Gasteiger partial charge in [0.25, 0.3) is 0 Å². The molecule has 5 heteroatoms. The predicted octanol–water partition coefficient (Wildman–Crippen LogP) is 2.42. The SMILES string of the molecule is Nc1ccc(Cl)nc1NC1CCCCCC1O. The van der Waals surface area contributed by atoms with E-state index in [4.69, 9.17) is 17.3 Å². The molecule has 17 heavy (non-hydrogen) atoms. The average Bonchev–Trinajstić information content (AvgIpc) is 2.50. The number of halogens is 1. The van der Waals surface area contributed by atoms with Gasteiger partial charge in [0.15, 0.2) is 5.82 Å². The van der Waals surface area contributed by atoms with E-state index in [1.165, 1.54) is 6.42 Å². The molecule has 0 amide bonds. The Morgan fingerprint density at radius 3 is 2.88 bits per heavy atom. The Bertz CT molecular complexity index is 386. The van der Waals surface area contributed by atoms with Crippen LogP contribution >= 0.6 is 11.6 Å². The molecule has 2 rings (SSSR count). The number of nitrogen functional groups attached to an aromatic ring is 1. The van der Waals surface area contributed by atoms with Gasteiger partial charge in [-0.15, -0.1) is 0 Å². The summed E-state index contributed by atoms with van der Waals surface area (Å²) in [5, 5.41) is 13.6. The largest absolute Gasteiger partial charge is 0.396 e. The molecular formula is C12H18ClN3O. The summed E-state index contributed by atoms with van der Waals surface area (Å²) < 4.78 is 0. The van der Waals surface area contributed by atoms with Crippen molar-refractivity contribution in [3.63, 3.8) is 0 Å². The smallest absolute Gasteiger partial charge is 0.151 e. The minimum atomic E-state index is -0.335. The van der Waals surface area contributed by atoms with Crippen LogP contribution in [-0.2, 0) is 0 Å². The normalized spacial score (nSPS) is 25.3. The van der Waals surface area contributed by atoms with Gasteiger partial charge in [-0.3, -0.25) is 0 Å². The van der Waals surface area contributed by atoms with E-state index >= 15 is 0 Å². The molecule has 1 saturated carbocycles. The highest BCUT2D eigenvalue weighted by Crippen LogP contribution is 2.24. The van der Waals surface area contributed by atoms with Crippen LogP contribution in [0.15, 0.2) is 12.1 Å². The number of nitrogens with one attached hydrogen (secondary N) is 1. The van der Waals surface area contributed by atoms with E-state index in [9.17, 15) is 5.11 Å². The standard InChI is InChI=1S/C12H18ClN3O/c13-11-7-6-8(14)12(16-11)15-9-4-2-1-3-5-10(9)17/h6-7,9-10,17H,1-5,14H2,(H,15,16). The van der Waals surface area contributed by atoms with E-state index in [-0.39, 0.29) is 12.1 Å². The van der Waals surface area contributed by atoms with Crippen molar-refractivity contribution < 1.29 is 5.11 Å². The van der Waals surface area contributed by atoms with Gasteiger partial charge in [0, 0.05) is 0 Å². The Hall–Kier alpha value is -1.00. The van der Waals surface area contributed by atoms with Crippen LogP contribution in [0.25, 0.3) is 0 Å². The van der Waals surface area contributed by atoms with E-state index in [1.54, 1.807) is 12.1 Å². The summed E-state index contributed by atoms with van der Waals surface area (Å²) in [4.78, 5) is 4.15. The number of nitrogens with two attached hydrogens (primary N) is 1. The minimum absolute atomic E-state index is 0.0192. The maximum Gasteiger partial charge on any atom is 0.151 e. The maximum absolute atomic E-state index is 10.0. The summed E-state index contributed by atoms with van der Waals surface area (Å²) in [5.41, 5.74) is 6.39. The molecule has 4 nitrogen and oxygen atoms in total. The molecule has 1 heterocycles. The monoisotopic (exact) mass is 255 g/mol. The molecule has 1 aromatic heterocycles. The van der Waals surface area contributed by atoms with E-state index < -0.39 is 0 Å². The van der Waals surface area contributed by atoms with Gasteiger partial charge in [-0.05, 0) is 25.0 Å². The van der Waals surface area contributed by atoms with Gasteiger partial charge in [-0.25, -0.2) is 4.98 Å². The van der Waals surface area contributed by atoms with Crippen LogP contribution < -0.4 is 11.1 Å². The number of pyridine rings is 1. The lowest BCUT2D eigenvalue weighted by atomic mass is 10.1. The number of aliphatic hydroxyl groups excluding tert-OH is 1. The van der Waals surface area contributed by atoms with Crippen molar-refractivity contribution in [2.75, 3.05) is 11.1 Å². The Morgan fingerprint density at radius 2 is 2.06 bits per heavy atom. The van der Waals surface area contributed by atoms with Crippen molar-refractivity contribution in [1.82, 2.24) is 4.98 Å². The molecule has 1 aliphatic rings. The second kappa shape index (κ2) is 5.56. The number of hydrogen-bond donors (Lipinski definition) is 3. The van der Waals surface area contributed by atoms with Gasteiger partial charge in [-0.2, -0.15) is 0 Å². The first-order valence-corrected chi connectivity index (χ1v) is 6.41. The van der Waals surface area contributed by atoms with E-state index in [1.807, 2.05) is 0 Å². The molecule has 0 aromatic carbocycles. The summed E-state index contributed by atoms with van der Waals surface area (Å²) in [5.74, 6) is 0.573. The van der Waals surface area contributed by atoms with Gasteiger partial charge in [0.1, 0.15) is 5.15 Å². The number of aliphatic hydroxyl groups is 1. The second-order valence-corrected chi connectivity index (χ2v) is 4.92. The number of nitrogens with zero attached hydrogens (tertiary/aromatic N) is 1. The highest BCUT2D eigenvalue weighted by Gasteiger charge is 2.22. The topological polar surface area (TPSA) is 71.2 Å². The molecule has 2 atom stereocenters. The molecule has 4 N–H and O–H groups in total. The van der Waals surface area contributed by atoms with Gasteiger partial charge in [0.05, 0.1) is 17.8 Å². The summed E-state index contributed by atoms with van der Waals surface area (Å²) in [6, 6.07) is 3.40. The van der Waals surface area contributed by atoms with Gasteiger partial charge < -0.3 is 16.2 Å². The third-order valence-electron chi connectivity index (χ3n) is 3.19. The number of aromatic nitrogens is 1. The molecule has 0 aliphatic heterocycles. The van der Waals surface area contributed by atoms with E-state index in [0.717, 1.165) is 25.7 Å². The highest BCUT2D eigenvalue weighted by atomic mass is 35.5. The molecule has 1 aliphatic carbocycles. The van der Waals surface area contributed by atoms with Crippen molar-refractivity contribution in [2.24, 2.45) is 0 Å².